The second-order valence-corrected chi connectivity index (χ2v) is 5.78. The number of amides is 2. The first-order chi connectivity index (χ1) is 9.56. The molecule has 0 bridgehead atoms. The fourth-order valence-electron chi connectivity index (χ4n) is 3.08. The smallest absolute Gasteiger partial charge is 0.322 e. The van der Waals surface area contributed by atoms with Crippen molar-refractivity contribution in [3.8, 4) is 0 Å². The first-order valence-corrected chi connectivity index (χ1v) is 6.96. The molecule has 2 N–H and O–H groups in total. The van der Waals surface area contributed by atoms with E-state index in [0.717, 1.165) is 18.4 Å². The van der Waals surface area contributed by atoms with Crippen molar-refractivity contribution in [1.82, 2.24) is 5.32 Å². The van der Waals surface area contributed by atoms with Crippen LogP contribution in [0.5, 0.6) is 0 Å². The third-order valence-corrected chi connectivity index (χ3v) is 4.21. The van der Waals surface area contributed by atoms with E-state index in [1.54, 1.807) is 17.0 Å². The molecule has 1 saturated carbocycles. The molecule has 0 spiro atoms. The van der Waals surface area contributed by atoms with Crippen LogP contribution in [0.25, 0.3) is 0 Å². The lowest BCUT2D eigenvalue weighted by atomic mass is 9.82. The van der Waals surface area contributed by atoms with Crippen LogP contribution in [0.15, 0.2) is 24.3 Å². The van der Waals surface area contributed by atoms with E-state index in [4.69, 9.17) is 0 Å². The number of nitrogens with one attached hydrogen (secondary N) is 1. The third kappa shape index (κ3) is 2.13. The molecular formula is C15H18N2O3. The number of carboxylic acids is 1. The zero-order valence-corrected chi connectivity index (χ0v) is 11.4. The fraction of sp³-hybridized carbons (Fsp3) is 0.467. The molecule has 1 fully saturated rings. The number of anilines is 1. The summed E-state index contributed by atoms with van der Waals surface area (Å²) in [6.45, 7) is 2.37. The van der Waals surface area contributed by atoms with Crippen LogP contribution in [0.4, 0.5) is 10.5 Å². The number of aliphatic carboxylic acids is 1. The Bertz CT molecular complexity index is 552. The molecule has 3 rings (SSSR count). The molecule has 0 radical (unpaired) electrons. The second kappa shape index (κ2) is 4.81. The minimum absolute atomic E-state index is 0.182. The molecule has 1 aliphatic heterocycles. The largest absolute Gasteiger partial charge is 0.481 e. The maximum atomic E-state index is 12.3. The number of para-hydroxylation sites is 1. The van der Waals surface area contributed by atoms with Gasteiger partial charge in [-0.3, -0.25) is 9.69 Å². The number of carbonyl (C=O) groups excluding carboxylic acids is 1. The Hall–Kier alpha value is -2.04. The molecule has 1 atom stereocenters. The summed E-state index contributed by atoms with van der Waals surface area (Å²) in [5.41, 5.74) is 1.43. The number of benzene rings is 1. The molecule has 1 unspecified atom stereocenters. The van der Waals surface area contributed by atoms with E-state index in [9.17, 15) is 14.7 Å². The molecule has 1 aromatic rings. The van der Waals surface area contributed by atoms with Crippen LogP contribution in [0, 0.1) is 5.92 Å². The molecule has 106 valence electrons. The second-order valence-electron chi connectivity index (χ2n) is 5.78. The predicted molar refractivity (Wildman–Crippen MR) is 74.9 cm³/mol. The Morgan fingerprint density at radius 3 is 2.65 bits per heavy atom. The van der Waals surface area contributed by atoms with Crippen LogP contribution in [-0.4, -0.2) is 29.7 Å². The Labute approximate surface area is 117 Å². The molecule has 1 aliphatic carbocycles. The van der Waals surface area contributed by atoms with E-state index in [-0.39, 0.29) is 18.6 Å². The predicted octanol–water partition coefficient (Wildman–Crippen LogP) is 2.18. The maximum absolute atomic E-state index is 12.3. The quantitative estimate of drug-likeness (QED) is 0.868. The van der Waals surface area contributed by atoms with Crippen LogP contribution < -0.4 is 10.2 Å². The van der Waals surface area contributed by atoms with Gasteiger partial charge in [-0.15, -0.1) is 0 Å². The van der Waals surface area contributed by atoms with Crippen LogP contribution in [0.2, 0.25) is 0 Å². The lowest BCUT2D eigenvalue weighted by molar-refractivity contribution is -0.138. The van der Waals surface area contributed by atoms with E-state index in [2.05, 4.69) is 12.2 Å². The molecule has 1 heterocycles. The summed E-state index contributed by atoms with van der Waals surface area (Å²) in [7, 11) is 0. The van der Waals surface area contributed by atoms with Gasteiger partial charge in [0, 0.05) is 18.3 Å². The van der Waals surface area contributed by atoms with Gasteiger partial charge in [0.25, 0.3) is 0 Å². The van der Waals surface area contributed by atoms with Gasteiger partial charge < -0.3 is 10.4 Å². The zero-order chi connectivity index (χ0) is 14.3. The molecule has 0 saturated heterocycles. The number of hydrogen-bond donors (Lipinski definition) is 2. The molecule has 5 heteroatoms. The van der Waals surface area contributed by atoms with Crippen molar-refractivity contribution in [2.45, 2.75) is 31.7 Å². The van der Waals surface area contributed by atoms with Crippen molar-refractivity contribution in [1.29, 1.82) is 0 Å². The summed E-state index contributed by atoms with van der Waals surface area (Å²) in [4.78, 5) is 25.2. The lowest BCUT2D eigenvalue weighted by Gasteiger charge is -2.34. The van der Waals surface area contributed by atoms with Crippen molar-refractivity contribution in [3.63, 3.8) is 0 Å². The number of hydrogen-bond acceptors (Lipinski definition) is 2. The van der Waals surface area contributed by atoms with Crippen LogP contribution in [0.3, 0.4) is 0 Å². The first kappa shape index (κ1) is 13.0. The topological polar surface area (TPSA) is 69.6 Å². The Balaban J connectivity index is 1.77. The van der Waals surface area contributed by atoms with Crippen LogP contribution in [-0.2, 0) is 4.79 Å². The number of urea groups is 1. The highest BCUT2D eigenvalue weighted by atomic mass is 16.4. The highest BCUT2D eigenvalue weighted by Crippen LogP contribution is 2.36. The van der Waals surface area contributed by atoms with Gasteiger partial charge in [0.1, 0.15) is 5.92 Å². The van der Waals surface area contributed by atoms with Crippen molar-refractivity contribution >= 4 is 17.7 Å². The molecule has 1 aromatic carbocycles. The van der Waals surface area contributed by atoms with Gasteiger partial charge in [0.2, 0.25) is 0 Å². The summed E-state index contributed by atoms with van der Waals surface area (Å²) in [6, 6.07) is 7.28. The summed E-state index contributed by atoms with van der Waals surface area (Å²) in [6.07, 6.45) is 2.01. The van der Waals surface area contributed by atoms with E-state index < -0.39 is 11.9 Å². The number of nitrogens with zero attached hydrogens (tertiary/aromatic N) is 1. The van der Waals surface area contributed by atoms with Gasteiger partial charge in [0.05, 0.1) is 0 Å². The Morgan fingerprint density at radius 1 is 1.30 bits per heavy atom. The fourth-order valence-corrected chi connectivity index (χ4v) is 3.08. The molecule has 2 amide bonds. The summed E-state index contributed by atoms with van der Waals surface area (Å²) in [5.74, 6) is -0.847. The third-order valence-electron chi connectivity index (χ3n) is 4.21. The lowest BCUT2D eigenvalue weighted by Crippen LogP contribution is -2.49. The van der Waals surface area contributed by atoms with Gasteiger partial charge in [-0.2, -0.15) is 0 Å². The van der Waals surface area contributed by atoms with Crippen molar-refractivity contribution in [3.05, 3.63) is 29.8 Å². The normalized spacial score (nSPS) is 27.6. The minimum Gasteiger partial charge on any atom is -0.481 e. The number of carbonyl (C=O) groups is 2. The highest BCUT2D eigenvalue weighted by Gasteiger charge is 2.37. The first-order valence-electron chi connectivity index (χ1n) is 6.96. The number of carboxylic acid groups (broad SMARTS) is 1. The van der Waals surface area contributed by atoms with Gasteiger partial charge in [0.15, 0.2) is 0 Å². The highest BCUT2D eigenvalue weighted by molar-refractivity contribution is 5.98. The maximum Gasteiger partial charge on any atom is 0.322 e. The molecular weight excluding hydrogens is 256 g/mol. The average molecular weight is 274 g/mol. The average Bonchev–Trinajstić information content (AvgIpc) is 2.76. The van der Waals surface area contributed by atoms with Gasteiger partial charge >= 0.3 is 12.0 Å². The van der Waals surface area contributed by atoms with E-state index in [1.807, 2.05) is 12.1 Å². The van der Waals surface area contributed by atoms with Crippen molar-refractivity contribution in [2.75, 3.05) is 11.4 Å². The molecule has 20 heavy (non-hydrogen) atoms. The van der Waals surface area contributed by atoms with E-state index in [1.165, 1.54) is 0 Å². The number of fused-ring (bicyclic) bond motifs is 1. The summed E-state index contributed by atoms with van der Waals surface area (Å²) >= 11 is 0. The minimum atomic E-state index is -0.884. The molecule has 2 aliphatic rings. The van der Waals surface area contributed by atoms with Crippen LogP contribution >= 0.6 is 0 Å². The Kier molecular flexibility index (Phi) is 3.12. The molecule has 0 aromatic heterocycles. The van der Waals surface area contributed by atoms with Crippen LogP contribution in [0.1, 0.15) is 31.2 Å². The van der Waals surface area contributed by atoms with Gasteiger partial charge in [-0.05, 0) is 30.4 Å². The monoisotopic (exact) mass is 274 g/mol. The standard InChI is InChI=1S/C15H18N2O3/c1-9-6-10(7-9)16-15(20)17-8-12(14(18)19)11-4-2-3-5-13(11)17/h2-5,9-10,12H,6-8H2,1H3,(H,16,20)(H,18,19). The summed E-state index contributed by atoms with van der Waals surface area (Å²) in [5, 5.41) is 12.3. The van der Waals surface area contributed by atoms with E-state index in [0.29, 0.717) is 11.6 Å². The summed E-state index contributed by atoms with van der Waals surface area (Å²) < 4.78 is 0. The molecule has 5 nitrogen and oxygen atoms in total. The van der Waals surface area contributed by atoms with Gasteiger partial charge in [-0.1, -0.05) is 25.1 Å². The zero-order valence-electron chi connectivity index (χ0n) is 11.4. The van der Waals surface area contributed by atoms with E-state index >= 15 is 0 Å². The van der Waals surface area contributed by atoms with Crippen molar-refractivity contribution in [2.24, 2.45) is 5.92 Å². The van der Waals surface area contributed by atoms with Crippen molar-refractivity contribution < 1.29 is 14.7 Å². The number of rotatable bonds is 2. The van der Waals surface area contributed by atoms with Gasteiger partial charge in [-0.25, -0.2) is 4.79 Å². The Morgan fingerprint density at radius 2 is 2.00 bits per heavy atom. The SMILES string of the molecule is CC1CC(NC(=O)N2CC(C(=O)O)c3ccccc32)C1.